The second-order valence-electron chi connectivity index (χ2n) is 4.06. The zero-order valence-corrected chi connectivity index (χ0v) is 11.5. The maximum Gasteiger partial charge on any atom is 0.337 e. The number of amides is 3. The van der Waals surface area contributed by atoms with Gasteiger partial charge in [0.1, 0.15) is 5.75 Å². The average Bonchev–Trinajstić information content (AvgIpc) is 2.45. The summed E-state index contributed by atoms with van der Waals surface area (Å²) in [5, 5.41) is 12.5. The van der Waals surface area contributed by atoms with Gasteiger partial charge in [0.15, 0.2) is 0 Å². The highest BCUT2D eigenvalue weighted by Gasteiger charge is 2.11. The molecule has 0 aliphatic carbocycles. The van der Waals surface area contributed by atoms with E-state index in [9.17, 15) is 14.7 Å². The Labute approximate surface area is 125 Å². The maximum absolute atomic E-state index is 11.7. The molecule has 21 heavy (non-hydrogen) atoms. The van der Waals surface area contributed by atoms with E-state index in [1.165, 1.54) is 12.1 Å². The first-order chi connectivity index (χ1) is 10.1. The van der Waals surface area contributed by atoms with Crippen LogP contribution < -0.4 is 16.2 Å². The van der Waals surface area contributed by atoms with Gasteiger partial charge in [-0.2, -0.15) is 0 Å². The SMILES string of the molecule is O=C(NNC(=O)c1ccccc1O)Nc1cccc(Cl)c1. The Hall–Kier alpha value is -2.73. The Morgan fingerprint density at radius 3 is 2.48 bits per heavy atom. The van der Waals surface area contributed by atoms with E-state index in [4.69, 9.17) is 11.6 Å². The lowest BCUT2D eigenvalue weighted by atomic mass is 10.2. The van der Waals surface area contributed by atoms with Gasteiger partial charge in [-0.05, 0) is 30.3 Å². The molecule has 0 radical (unpaired) electrons. The van der Waals surface area contributed by atoms with Gasteiger partial charge in [0.2, 0.25) is 0 Å². The van der Waals surface area contributed by atoms with Crippen molar-refractivity contribution >= 4 is 29.2 Å². The molecule has 0 aliphatic heterocycles. The lowest BCUT2D eigenvalue weighted by Crippen LogP contribution is -2.43. The molecule has 3 amide bonds. The summed E-state index contributed by atoms with van der Waals surface area (Å²) in [6.07, 6.45) is 0. The smallest absolute Gasteiger partial charge is 0.337 e. The van der Waals surface area contributed by atoms with Crippen molar-refractivity contribution in [3.63, 3.8) is 0 Å². The monoisotopic (exact) mass is 305 g/mol. The van der Waals surface area contributed by atoms with E-state index in [-0.39, 0.29) is 11.3 Å². The van der Waals surface area contributed by atoms with Crippen LogP contribution in [0.25, 0.3) is 0 Å². The fourth-order valence-corrected chi connectivity index (χ4v) is 1.77. The van der Waals surface area contributed by atoms with E-state index in [1.807, 2.05) is 0 Å². The molecule has 0 aromatic heterocycles. The molecule has 0 heterocycles. The predicted molar refractivity (Wildman–Crippen MR) is 79.2 cm³/mol. The van der Waals surface area contributed by atoms with Crippen LogP contribution in [0.1, 0.15) is 10.4 Å². The lowest BCUT2D eigenvalue weighted by Gasteiger charge is -2.09. The maximum atomic E-state index is 11.7. The summed E-state index contributed by atoms with van der Waals surface area (Å²) in [7, 11) is 0. The molecule has 2 aromatic carbocycles. The Morgan fingerprint density at radius 2 is 1.76 bits per heavy atom. The minimum atomic E-state index is -0.638. The van der Waals surface area contributed by atoms with Crippen LogP contribution in [-0.4, -0.2) is 17.0 Å². The van der Waals surface area contributed by atoms with Crippen LogP contribution in [0.4, 0.5) is 10.5 Å². The highest BCUT2D eigenvalue weighted by atomic mass is 35.5. The van der Waals surface area contributed by atoms with Gasteiger partial charge >= 0.3 is 6.03 Å². The van der Waals surface area contributed by atoms with E-state index in [2.05, 4.69) is 16.2 Å². The first kappa shape index (κ1) is 14.7. The number of hydrogen-bond acceptors (Lipinski definition) is 3. The summed E-state index contributed by atoms with van der Waals surface area (Å²) < 4.78 is 0. The Kier molecular flexibility index (Phi) is 4.63. The standard InChI is InChI=1S/C14H12ClN3O3/c15-9-4-3-5-10(8-9)16-14(21)18-17-13(20)11-6-1-2-7-12(11)19/h1-8,19H,(H,17,20)(H2,16,18,21). The van der Waals surface area contributed by atoms with E-state index in [0.717, 1.165) is 0 Å². The van der Waals surface area contributed by atoms with Crippen LogP contribution in [0.3, 0.4) is 0 Å². The quantitative estimate of drug-likeness (QED) is 0.643. The molecule has 0 spiro atoms. The van der Waals surface area contributed by atoms with E-state index >= 15 is 0 Å². The fraction of sp³-hybridized carbons (Fsp3) is 0. The van der Waals surface area contributed by atoms with Crippen LogP contribution in [-0.2, 0) is 0 Å². The molecular weight excluding hydrogens is 294 g/mol. The number of hydrazine groups is 1. The third-order valence-electron chi connectivity index (χ3n) is 2.52. The number of carbonyl (C=O) groups excluding carboxylic acids is 2. The lowest BCUT2D eigenvalue weighted by molar-refractivity contribution is 0.0935. The summed E-state index contributed by atoms with van der Waals surface area (Å²) in [5.41, 5.74) is 4.89. The van der Waals surface area contributed by atoms with Crippen LogP contribution in [0, 0.1) is 0 Å². The first-order valence-corrected chi connectivity index (χ1v) is 6.35. The molecule has 6 nitrogen and oxygen atoms in total. The van der Waals surface area contributed by atoms with Crippen LogP contribution in [0.2, 0.25) is 5.02 Å². The van der Waals surface area contributed by atoms with Crippen molar-refractivity contribution in [2.24, 2.45) is 0 Å². The largest absolute Gasteiger partial charge is 0.507 e. The van der Waals surface area contributed by atoms with Gasteiger partial charge in [0.25, 0.3) is 5.91 Å². The minimum absolute atomic E-state index is 0.0561. The predicted octanol–water partition coefficient (Wildman–Crippen LogP) is 2.51. The molecule has 7 heteroatoms. The second kappa shape index (κ2) is 6.62. The number of hydrogen-bond donors (Lipinski definition) is 4. The number of carbonyl (C=O) groups is 2. The topological polar surface area (TPSA) is 90.5 Å². The number of benzene rings is 2. The molecule has 2 aromatic rings. The number of aromatic hydroxyl groups is 1. The van der Waals surface area contributed by atoms with E-state index in [0.29, 0.717) is 10.7 Å². The summed E-state index contributed by atoms with van der Waals surface area (Å²) in [6, 6.07) is 11.9. The van der Waals surface area contributed by atoms with Crippen LogP contribution in [0.5, 0.6) is 5.75 Å². The molecular formula is C14H12ClN3O3. The van der Waals surface area contributed by atoms with Gasteiger partial charge < -0.3 is 10.4 Å². The molecule has 0 bridgehead atoms. The molecule has 4 N–H and O–H groups in total. The summed E-state index contributed by atoms with van der Waals surface area (Å²) in [5.74, 6) is -0.804. The molecule has 0 saturated heterocycles. The summed E-state index contributed by atoms with van der Waals surface area (Å²) in [4.78, 5) is 23.3. The molecule has 0 aliphatic rings. The number of rotatable bonds is 2. The summed E-state index contributed by atoms with van der Waals surface area (Å²) in [6.45, 7) is 0. The average molecular weight is 306 g/mol. The number of urea groups is 1. The van der Waals surface area contributed by atoms with Crippen molar-refractivity contribution in [2.45, 2.75) is 0 Å². The van der Waals surface area contributed by atoms with Crippen molar-refractivity contribution in [3.8, 4) is 5.75 Å². The third-order valence-corrected chi connectivity index (χ3v) is 2.76. The van der Waals surface area contributed by atoms with Gasteiger partial charge in [-0.15, -0.1) is 0 Å². The molecule has 0 saturated carbocycles. The van der Waals surface area contributed by atoms with Crippen molar-refractivity contribution in [3.05, 3.63) is 59.1 Å². The fourth-order valence-electron chi connectivity index (χ4n) is 1.58. The molecule has 0 fully saturated rings. The molecule has 0 atom stereocenters. The van der Waals surface area contributed by atoms with Crippen LogP contribution >= 0.6 is 11.6 Å². The number of para-hydroxylation sites is 1. The van der Waals surface area contributed by atoms with Gasteiger partial charge in [-0.25, -0.2) is 10.2 Å². The van der Waals surface area contributed by atoms with Gasteiger partial charge in [-0.1, -0.05) is 29.8 Å². The van der Waals surface area contributed by atoms with Gasteiger partial charge in [0.05, 0.1) is 5.56 Å². The van der Waals surface area contributed by atoms with Crippen molar-refractivity contribution in [1.29, 1.82) is 0 Å². The van der Waals surface area contributed by atoms with Gasteiger partial charge in [0, 0.05) is 10.7 Å². The number of anilines is 1. The first-order valence-electron chi connectivity index (χ1n) is 5.97. The second-order valence-corrected chi connectivity index (χ2v) is 4.50. The minimum Gasteiger partial charge on any atom is -0.507 e. The highest BCUT2D eigenvalue weighted by molar-refractivity contribution is 6.30. The number of phenols is 1. The van der Waals surface area contributed by atoms with Gasteiger partial charge in [-0.3, -0.25) is 10.2 Å². The third kappa shape index (κ3) is 4.12. The molecule has 108 valence electrons. The number of halogens is 1. The Morgan fingerprint density at radius 1 is 1.00 bits per heavy atom. The van der Waals surface area contributed by atoms with Crippen molar-refractivity contribution in [2.75, 3.05) is 5.32 Å². The van der Waals surface area contributed by atoms with Crippen molar-refractivity contribution in [1.82, 2.24) is 10.9 Å². The van der Waals surface area contributed by atoms with Crippen LogP contribution in [0.15, 0.2) is 48.5 Å². The van der Waals surface area contributed by atoms with Crippen molar-refractivity contribution < 1.29 is 14.7 Å². The Balaban J connectivity index is 1.90. The Bertz CT molecular complexity index is 676. The number of nitrogens with one attached hydrogen (secondary N) is 3. The van der Waals surface area contributed by atoms with E-state index < -0.39 is 11.9 Å². The zero-order valence-electron chi connectivity index (χ0n) is 10.8. The normalized spacial score (nSPS) is 9.76. The number of phenolic OH excluding ortho intramolecular Hbond substituents is 1. The zero-order chi connectivity index (χ0) is 15.2. The summed E-state index contributed by atoms with van der Waals surface area (Å²) >= 11 is 5.78. The molecule has 2 rings (SSSR count). The molecule has 0 unspecified atom stereocenters. The van der Waals surface area contributed by atoms with E-state index in [1.54, 1.807) is 36.4 Å². The highest BCUT2D eigenvalue weighted by Crippen LogP contribution is 2.15.